The lowest BCUT2D eigenvalue weighted by Crippen LogP contribution is -2.48. The van der Waals surface area contributed by atoms with Gasteiger partial charge in [-0.15, -0.1) is 0 Å². The molecule has 2 fully saturated rings. The van der Waals surface area contributed by atoms with E-state index in [1.165, 1.54) is 6.39 Å². The number of hydrogen-bond donors (Lipinski definition) is 1. The van der Waals surface area contributed by atoms with Crippen LogP contribution in [0.2, 0.25) is 0 Å². The molecule has 0 bridgehead atoms. The molecule has 0 radical (unpaired) electrons. The molecule has 3 heterocycles. The van der Waals surface area contributed by atoms with Crippen molar-refractivity contribution in [2.24, 2.45) is 0 Å². The first-order valence-corrected chi connectivity index (χ1v) is 10.3. The average Bonchev–Trinajstić information content (AvgIpc) is 3.46. The zero-order valence-electron chi connectivity index (χ0n) is 16.6. The summed E-state index contributed by atoms with van der Waals surface area (Å²) < 4.78 is 5.34. The summed E-state index contributed by atoms with van der Waals surface area (Å²) in [5, 5.41) is 0. The van der Waals surface area contributed by atoms with Crippen LogP contribution in [0.25, 0.3) is 11.3 Å². The first-order valence-electron chi connectivity index (χ1n) is 10.3. The van der Waals surface area contributed by atoms with Gasteiger partial charge in [-0.1, -0.05) is 12.1 Å². The van der Waals surface area contributed by atoms with Crippen molar-refractivity contribution in [2.45, 2.75) is 37.8 Å². The molecule has 2 aromatic heterocycles. The number of hydrogen-bond acceptors (Lipinski definition) is 7. The summed E-state index contributed by atoms with van der Waals surface area (Å²) in [6.45, 7) is 1.70. The van der Waals surface area contributed by atoms with Gasteiger partial charge in [0, 0.05) is 36.3 Å². The Kier molecular flexibility index (Phi) is 4.82. The highest BCUT2D eigenvalue weighted by atomic mass is 16.3. The highest BCUT2D eigenvalue weighted by Gasteiger charge is 2.39. The summed E-state index contributed by atoms with van der Waals surface area (Å²) in [6, 6.07) is 8.21. The second-order valence-electron chi connectivity index (χ2n) is 7.90. The van der Waals surface area contributed by atoms with E-state index in [-0.39, 0.29) is 11.9 Å². The minimum absolute atomic E-state index is 0.118. The summed E-state index contributed by atoms with van der Waals surface area (Å²) in [5.74, 6) is 2.09. The Labute approximate surface area is 174 Å². The van der Waals surface area contributed by atoms with Gasteiger partial charge in [0.2, 0.25) is 0 Å². The lowest BCUT2D eigenvalue weighted by molar-refractivity contribution is 0.0630. The molecule has 1 aromatic carbocycles. The van der Waals surface area contributed by atoms with Gasteiger partial charge in [-0.05, 0) is 37.8 Å². The third-order valence-electron chi connectivity index (χ3n) is 5.86. The van der Waals surface area contributed by atoms with Gasteiger partial charge in [0.15, 0.2) is 12.2 Å². The van der Waals surface area contributed by atoms with Crippen LogP contribution in [0.4, 0.5) is 11.6 Å². The van der Waals surface area contributed by atoms with E-state index < -0.39 is 0 Å². The Morgan fingerprint density at radius 1 is 1.00 bits per heavy atom. The van der Waals surface area contributed by atoms with Gasteiger partial charge in [-0.25, -0.2) is 15.0 Å². The quantitative estimate of drug-likeness (QED) is 0.697. The molecule has 1 saturated carbocycles. The molecule has 5 rings (SSSR count). The number of carbonyl (C=O) groups excluding carboxylic acids is 1. The maximum absolute atomic E-state index is 13.4. The first-order chi connectivity index (χ1) is 14.7. The average molecular weight is 404 g/mol. The van der Waals surface area contributed by atoms with E-state index in [9.17, 15) is 4.79 Å². The summed E-state index contributed by atoms with van der Waals surface area (Å²) in [4.78, 5) is 30.2. The van der Waals surface area contributed by atoms with E-state index in [4.69, 9.17) is 10.2 Å². The molecule has 2 aliphatic rings. The predicted molar refractivity (Wildman–Crippen MR) is 113 cm³/mol. The summed E-state index contributed by atoms with van der Waals surface area (Å²) in [6.07, 6.45) is 10.4. The molecule has 154 valence electrons. The van der Waals surface area contributed by atoms with Crippen LogP contribution in [0.5, 0.6) is 0 Å². The zero-order valence-corrected chi connectivity index (χ0v) is 16.6. The second-order valence-corrected chi connectivity index (χ2v) is 7.90. The van der Waals surface area contributed by atoms with E-state index in [2.05, 4.69) is 24.8 Å². The van der Waals surface area contributed by atoms with Gasteiger partial charge in [-0.3, -0.25) is 4.79 Å². The highest BCUT2D eigenvalue weighted by molar-refractivity contribution is 5.95. The first kappa shape index (κ1) is 18.6. The van der Waals surface area contributed by atoms with Gasteiger partial charge < -0.3 is 20.0 Å². The van der Waals surface area contributed by atoms with Crippen LogP contribution in [0.1, 0.15) is 36.0 Å². The van der Waals surface area contributed by atoms with E-state index in [0.29, 0.717) is 17.6 Å². The molecule has 1 aliphatic heterocycles. The third-order valence-corrected chi connectivity index (χ3v) is 5.86. The lowest BCUT2D eigenvalue weighted by Gasteiger charge is -2.39. The summed E-state index contributed by atoms with van der Waals surface area (Å²) in [7, 11) is 0. The fraction of sp³-hybridized carbons (Fsp3) is 0.364. The van der Waals surface area contributed by atoms with E-state index in [1.54, 1.807) is 18.6 Å². The summed E-state index contributed by atoms with van der Waals surface area (Å²) in [5.41, 5.74) is 7.28. The number of nitrogens with two attached hydrogens (primary N) is 1. The van der Waals surface area contributed by atoms with E-state index in [1.807, 2.05) is 24.3 Å². The van der Waals surface area contributed by atoms with Crippen molar-refractivity contribution in [3.8, 4) is 11.3 Å². The van der Waals surface area contributed by atoms with Crippen LogP contribution in [-0.2, 0) is 0 Å². The molecule has 0 atom stereocenters. The molecule has 8 nitrogen and oxygen atoms in total. The topological polar surface area (TPSA) is 101 Å². The molecule has 1 amide bonds. The second kappa shape index (κ2) is 7.78. The molecule has 1 aliphatic carbocycles. The third kappa shape index (κ3) is 3.72. The Morgan fingerprint density at radius 2 is 1.73 bits per heavy atom. The number of oxazole rings is 1. The van der Waals surface area contributed by atoms with Gasteiger partial charge >= 0.3 is 0 Å². The van der Waals surface area contributed by atoms with Crippen molar-refractivity contribution >= 4 is 17.5 Å². The minimum atomic E-state index is 0.118. The fourth-order valence-electron chi connectivity index (χ4n) is 4.13. The minimum Gasteiger partial charge on any atom is -0.444 e. The number of nitrogens with zero attached hydrogens (tertiary/aromatic N) is 5. The largest absolute Gasteiger partial charge is 0.444 e. The van der Waals surface area contributed by atoms with E-state index >= 15 is 0 Å². The number of carbonyl (C=O) groups is 1. The van der Waals surface area contributed by atoms with Crippen molar-refractivity contribution in [3.63, 3.8) is 0 Å². The van der Waals surface area contributed by atoms with Crippen LogP contribution in [0.15, 0.2) is 53.7 Å². The monoisotopic (exact) mass is 404 g/mol. The number of aromatic nitrogens is 3. The Balaban J connectivity index is 1.28. The fourth-order valence-corrected chi connectivity index (χ4v) is 4.13. The van der Waals surface area contributed by atoms with Crippen molar-refractivity contribution in [1.29, 1.82) is 0 Å². The Hall–Kier alpha value is -3.42. The van der Waals surface area contributed by atoms with Crippen molar-refractivity contribution in [2.75, 3.05) is 23.7 Å². The molecular formula is C22H24N6O2. The number of anilines is 2. The smallest absolute Gasteiger partial charge is 0.254 e. The maximum Gasteiger partial charge on any atom is 0.254 e. The molecule has 0 unspecified atom stereocenters. The number of piperidine rings is 1. The van der Waals surface area contributed by atoms with E-state index in [0.717, 1.165) is 55.7 Å². The lowest BCUT2D eigenvalue weighted by atomic mass is 10.0. The van der Waals surface area contributed by atoms with Crippen LogP contribution in [0.3, 0.4) is 0 Å². The molecule has 2 N–H and O–H groups in total. The maximum atomic E-state index is 13.4. The summed E-state index contributed by atoms with van der Waals surface area (Å²) >= 11 is 0. The number of nitrogen functional groups attached to an aromatic ring is 1. The molecule has 8 heteroatoms. The van der Waals surface area contributed by atoms with Crippen LogP contribution in [0, 0.1) is 0 Å². The number of amides is 1. The normalized spacial score (nSPS) is 17.1. The van der Waals surface area contributed by atoms with Crippen LogP contribution < -0.4 is 10.6 Å². The molecular weight excluding hydrogens is 380 g/mol. The number of benzene rings is 1. The van der Waals surface area contributed by atoms with Crippen molar-refractivity contribution in [3.05, 3.63) is 54.8 Å². The van der Waals surface area contributed by atoms with Crippen LogP contribution >= 0.6 is 0 Å². The molecule has 30 heavy (non-hydrogen) atoms. The Bertz CT molecular complexity index is 991. The molecule has 3 aromatic rings. The van der Waals surface area contributed by atoms with Gasteiger partial charge in [0.05, 0.1) is 18.6 Å². The van der Waals surface area contributed by atoms with Crippen LogP contribution in [-0.4, -0.2) is 50.9 Å². The molecule has 1 saturated heterocycles. The van der Waals surface area contributed by atoms with Gasteiger partial charge in [-0.2, -0.15) is 0 Å². The SMILES string of the molecule is Nc1cnc(N2CCC(N(C(=O)c3ccc(-c4cnco4)cc3)C3CC3)CC2)cn1. The highest BCUT2D eigenvalue weighted by Crippen LogP contribution is 2.34. The van der Waals surface area contributed by atoms with Crippen molar-refractivity contribution < 1.29 is 9.21 Å². The predicted octanol–water partition coefficient (Wildman–Crippen LogP) is 2.99. The van der Waals surface area contributed by atoms with Gasteiger partial charge in [0.1, 0.15) is 11.6 Å². The molecule has 0 spiro atoms. The number of rotatable bonds is 5. The Morgan fingerprint density at radius 3 is 2.33 bits per heavy atom. The van der Waals surface area contributed by atoms with Gasteiger partial charge in [0.25, 0.3) is 5.91 Å². The zero-order chi connectivity index (χ0) is 20.5. The standard InChI is InChI=1S/C22H24N6O2/c23-20-12-26-21(13-25-20)27-9-7-18(8-10-27)28(17-5-6-17)22(29)16-3-1-15(2-4-16)19-11-24-14-30-19/h1-4,11-14,17-18H,5-10H2,(H2,23,25). The van der Waals surface area contributed by atoms with Crippen molar-refractivity contribution in [1.82, 2.24) is 19.9 Å².